The van der Waals surface area contributed by atoms with E-state index in [0.29, 0.717) is 17.1 Å². The first-order valence-corrected chi connectivity index (χ1v) is 7.88. The molecule has 17 heavy (non-hydrogen) atoms. The van der Waals surface area contributed by atoms with Crippen LogP contribution in [0.5, 0.6) is 0 Å². The average molecular weight is 255 g/mol. The average Bonchev–Trinajstić information content (AvgIpc) is 2.23. The van der Waals surface area contributed by atoms with Crippen molar-refractivity contribution in [1.29, 1.82) is 0 Å². The molecule has 2 atom stereocenters. The summed E-state index contributed by atoms with van der Waals surface area (Å²) in [5.41, 5.74) is 0.370. The maximum absolute atomic E-state index is 12.0. The predicted molar refractivity (Wildman–Crippen MR) is 74.5 cm³/mol. The highest BCUT2D eigenvalue weighted by Gasteiger charge is 2.34. The number of carbonyl (C=O) groups is 1. The summed E-state index contributed by atoms with van der Waals surface area (Å²) in [4.78, 5) is 14.5. The molecule has 1 aliphatic carbocycles. The molecule has 2 nitrogen and oxygen atoms in total. The van der Waals surface area contributed by atoms with Crippen LogP contribution in [0.3, 0.4) is 0 Å². The lowest BCUT2D eigenvalue weighted by atomic mass is 9.71. The van der Waals surface area contributed by atoms with Crippen LogP contribution < -0.4 is 0 Å². The Morgan fingerprint density at radius 1 is 1.47 bits per heavy atom. The largest absolute Gasteiger partial charge is 0.301 e. The zero-order valence-corrected chi connectivity index (χ0v) is 12.2. The van der Waals surface area contributed by atoms with E-state index in [2.05, 4.69) is 37.4 Å². The molecule has 1 heterocycles. The molecule has 1 saturated carbocycles. The number of carbonyl (C=O) groups excluding carboxylic acids is 1. The predicted octanol–water partition coefficient (Wildman–Crippen LogP) is 2.82. The zero-order chi connectivity index (χ0) is 12.5. The topological polar surface area (TPSA) is 20.3 Å². The molecular weight excluding hydrogens is 230 g/mol. The zero-order valence-electron chi connectivity index (χ0n) is 11.4. The lowest BCUT2D eigenvalue weighted by Crippen LogP contribution is -2.43. The second-order valence-corrected chi connectivity index (χ2v) is 8.02. The van der Waals surface area contributed by atoms with Crippen molar-refractivity contribution < 1.29 is 4.79 Å². The molecule has 3 heteroatoms. The van der Waals surface area contributed by atoms with Crippen LogP contribution in [0, 0.1) is 11.3 Å². The minimum atomic E-state index is 0.300. The number of rotatable bonds is 2. The van der Waals surface area contributed by atoms with E-state index >= 15 is 0 Å². The Morgan fingerprint density at radius 2 is 2.24 bits per heavy atom. The molecule has 2 fully saturated rings. The van der Waals surface area contributed by atoms with Gasteiger partial charge < -0.3 is 4.90 Å². The van der Waals surface area contributed by atoms with Crippen molar-refractivity contribution in [2.75, 3.05) is 25.4 Å². The number of hydrogen-bond donors (Lipinski definition) is 0. The van der Waals surface area contributed by atoms with E-state index in [0.717, 1.165) is 37.6 Å². The van der Waals surface area contributed by atoms with Gasteiger partial charge in [-0.2, -0.15) is 11.8 Å². The number of Topliss-reactive ketones (excluding diaryl/α,β-unsaturated/α-hetero) is 1. The SMILES string of the molecule is CC1CN(CC2CC(C)(C)CCC2=O)CCS1. The third-order valence-corrected chi connectivity index (χ3v) is 5.24. The van der Waals surface area contributed by atoms with Crippen molar-refractivity contribution in [3.05, 3.63) is 0 Å². The van der Waals surface area contributed by atoms with Crippen LogP contribution in [-0.4, -0.2) is 41.3 Å². The highest BCUT2D eigenvalue weighted by molar-refractivity contribution is 7.99. The molecule has 1 saturated heterocycles. The Morgan fingerprint density at radius 3 is 2.94 bits per heavy atom. The van der Waals surface area contributed by atoms with Crippen molar-refractivity contribution in [2.24, 2.45) is 11.3 Å². The van der Waals surface area contributed by atoms with Crippen LogP contribution in [0.4, 0.5) is 0 Å². The summed E-state index contributed by atoms with van der Waals surface area (Å²) in [5.74, 6) is 2.04. The van der Waals surface area contributed by atoms with Gasteiger partial charge >= 0.3 is 0 Å². The molecule has 2 unspecified atom stereocenters. The standard InChI is InChI=1S/C14H25NOS/c1-11-9-15(6-7-17-11)10-12-8-14(2,3)5-4-13(12)16/h11-12H,4-10H2,1-3H3. The number of thioether (sulfide) groups is 1. The van der Waals surface area contributed by atoms with Gasteiger partial charge in [0.25, 0.3) is 0 Å². The molecular formula is C14H25NOS. The molecule has 98 valence electrons. The van der Waals surface area contributed by atoms with Crippen molar-refractivity contribution in [1.82, 2.24) is 4.90 Å². The fraction of sp³-hybridized carbons (Fsp3) is 0.929. The minimum Gasteiger partial charge on any atom is -0.301 e. The van der Waals surface area contributed by atoms with Crippen LogP contribution in [0.25, 0.3) is 0 Å². The molecule has 1 aliphatic heterocycles. The summed E-state index contributed by atoms with van der Waals surface area (Å²) in [6.07, 6.45) is 2.97. The Hall–Kier alpha value is -0.0200. The highest BCUT2D eigenvalue weighted by atomic mass is 32.2. The Labute approximate surface area is 110 Å². The quantitative estimate of drug-likeness (QED) is 0.757. The van der Waals surface area contributed by atoms with Crippen LogP contribution >= 0.6 is 11.8 Å². The molecule has 2 aliphatic rings. The van der Waals surface area contributed by atoms with Gasteiger partial charge in [-0.1, -0.05) is 20.8 Å². The summed E-state index contributed by atoms with van der Waals surface area (Å²) < 4.78 is 0. The van der Waals surface area contributed by atoms with E-state index in [1.165, 1.54) is 12.3 Å². The van der Waals surface area contributed by atoms with Crippen LogP contribution in [0.15, 0.2) is 0 Å². The van der Waals surface area contributed by atoms with Gasteiger partial charge in [-0.05, 0) is 18.3 Å². The fourth-order valence-electron chi connectivity index (χ4n) is 3.08. The van der Waals surface area contributed by atoms with Gasteiger partial charge in [-0.15, -0.1) is 0 Å². The van der Waals surface area contributed by atoms with E-state index < -0.39 is 0 Å². The third kappa shape index (κ3) is 3.72. The summed E-state index contributed by atoms with van der Waals surface area (Å²) >= 11 is 2.06. The molecule has 0 aromatic heterocycles. The second kappa shape index (κ2) is 5.31. The molecule has 0 N–H and O–H groups in total. The summed E-state index contributed by atoms with van der Waals surface area (Å²) in [7, 11) is 0. The Kier molecular flexibility index (Phi) is 4.19. The maximum Gasteiger partial charge on any atom is 0.137 e. The molecule has 0 radical (unpaired) electrons. The monoisotopic (exact) mass is 255 g/mol. The highest BCUT2D eigenvalue weighted by Crippen LogP contribution is 2.37. The van der Waals surface area contributed by atoms with Gasteiger partial charge in [-0.25, -0.2) is 0 Å². The van der Waals surface area contributed by atoms with Gasteiger partial charge in [0.05, 0.1) is 0 Å². The molecule has 0 bridgehead atoms. The third-order valence-electron chi connectivity index (χ3n) is 4.11. The van der Waals surface area contributed by atoms with Crippen LogP contribution in [0.1, 0.15) is 40.0 Å². The number of ketones is 1. The fourth-order valence-corrected chi connectivity index (χ4v) is 4.17. The molecule has 0 aromatic rings. The van der Waals surface area contributed by atoms with Gasteiger partial charge in [0, 0.05) is 43.0 Å². The van der Waals surface area contributed by atoms with Gasteiger partial charge in [0.2, 0.25) is 0 Å². The first-order valence-electron chi connectivity index (χ1n) is 6.83. The molecule has 0 amide bonds. The number of nitrogens with zero attached hydrogens (tertiary/aromatic N) is 1. The van der Waals surface area contributed by atoms with E-state index in [1.54, 1.807) is 0 Å². The van der Waals surface area contributed by atoms with Crippen molar-refractivity contribution >= 4 is 17.5 Å². The van der Waals surface area contributed by atoms with Gasteiger partial charge in [0.1, 0.15) is 5.78 Å². The molecule has 0 spiro atoms. The van der Waals surface area contributed by atoms with E-state index in [9.17, 15) is 4.79 Å². The first-order chi connectivity index (χ1) is 7.96. The Bertz CT molecular complexity index is 290. The first kappa shape index (κ1) is 13.4. The van der Waals surface area contributed by atoms with Crippen molar-refractivity contribution in [3.8, 4) is 0 Å². The van der Waals surface area contributed by atoms with Crippen LogP contribution in [-0.2, 0) is 4.79 Å². The second-order valence-electron chi connectivity index (χ2n) is 6.47. The van der Waals surface area contributed by atoms with E-state index in [4.69, 9.17) is 0 Å². The van der Waals surface area contributed by atoms with Gasteiger partial charge in [0.15, 0.2) is 0 Å². The molecule has 2 rings (SSSR count). The summed E-state index contributed by atoms with van der Waals surface area (Å²) in [5, 5.41) is 0.732. The van der Waals surface area contributed by atoms with Gasteiger partial charge in [-0.3, -0.25) is 4.79 Å². The van der Waals surface area contributed by atoms with Crippen LogP contribution in [0.2, 0.25) is 0 Å². The van der Waals surface area contributed by atoms with E-state index in [1.807, 2.05) is 0 Å². The summed E-state index contributed by atoms with van der Waals surface area (Å²) in [6.45, 7) is 10.2. The van der Waals surface area contributed by atoms with Crippen molar-refractivity contribution in [2.45, 2.75) is 45.3 Å². The molecule has 0 aromatic carbocycles. The normalized spacial score (nSPS) is 34.9. The van der Waals surface area contributed by atoms with E-state index in [-0.39, 0.29) is 0 Å². The number of hydrogen-bond acceptors (Lipinski definition) is 3. The minimum absolute atomic E-state index is 0.300. The lowest BCUT2D eigenvalue weighted by Gasteiger charge is -2.38. The maximum atomic E-state index is 12.0. The Balaban J connectivity index is 1.90. The smallest absolute Gasteiger partial charge is 0.137 e. The van der Waals surface area contributed by atoms with Crippen molar-refractivity contribution in [3.63, 3.8) is 0 Å². The summed E-state index contributed by atoms with van der Waals surface area (Å²) in [6, 6.07) is 0. The lowest BCUT2D eigenvalue weighted by molar-refractivity contribution is -0.127.